The Morgan fingerprint density at radius 1 is 1.10 bits per heavy atom. The molecule has 158 valence electrons. The van der Waals surface area contributed by atoms with E-state index in [4.69, 9.17) is 0 Å². The zero-order valence-corrected chi connectivity index (χ0v) is 17.7. The number of aromatic nitrogens is 5. The molecule has 3 aromatic heterocycles. The SMILES string of the molecule is Cc1cc(C)nc(Nc2nccnc2C2CCN(C(=O)C=Cc3cccnc3)CC2)n1. The Balaban J connectivity index is 1.41. The van der Waals surface area contributed by atoms with Crippen molar-refractivity contribution >= 4 is 23.7 Å². The number of pyridine rings is 1. The van der Waals surface area contributed by atoms with E-state index in [1.54, 1.807) is 36.9 Å². The van der Waals surface area contributed by atoms with Crippen molar-refractivity contribution in [3.63, 3.8) is 0 Å². The Kier molecular flexibility index (Phi) is 6.26. The van der Waals surface area contributed by atoms with Gasteiger partial charge in [0, 0.05) is 61.3 Å². The molecule has 8 nitrogen and oxygen atoms in total. The minimum atomic E-state index is 0.0171. The van der Waals surface area contributed by atoms with Crippen LogP contribution in [0, 0.1) is 13.8 Å². The van der Waals surface area contributed by atoms with Crippen LogP contribution in [0.25, 0.3) is 6.08 Å². The summed E-state index contributed by atoms with van der Waals surface area (Å²) in [7, 11) is 0. The molecule has 0 radical (unpaired) electrons. The first kappa shape index (κ1) is 20.6. The minimum Gasteiger partial charge on any atom is -0.339 e. The fourth-order valence-corrected chi connectivity index (χ4v) is 3.75. The number of anilines is 2. The van der Waals surface area contributed by atoms with Gasteiger partial charge in [0.25, 0.3) is 0 Å². The summed E-state index contributed by atoms with van der Waals surface area (Å²) in [6, 6.07) is 5.70. The lowest BCUT2D eigenvalue weighted by Gasteiger charge is -2.31. The number of nitrogens with zero attached hydrogens (tertiary/aromatic N) is 6. The Bertz CT molecular complexity index is 1060. The predicted molar refractivity (Wildman–Crippen MR) is 119 cm³/mol. The second kappa shape index (κ2) is 9.42. The van der Waals surface area contributed by atoms with E-state index in [2.05, 4.69) is 30.2 Å². The van der Waals surface area contributed by atoms with Gasteiger partial charge in [-0.2, -0.15) is 0 Å². The summed E-state index contributed by atoms with van der Waals surface area (Å²) in [5, 5.41) is 3.23. The van der Waals surface area contributed by atoms with Gasteiger partial charge in [-0.15, -0.1) is 0 Å². The quantitative estimate of drug-likeness (QED) is 0.638. The Morgan fingerprint density at radius 3 is 2.55 bits per heavy atom. The van der Waals surface area contributed by atoms with E-state index in [-0.39, 0.29) is 11.8 Å². The van der Waals surface area contributed by atoms with E-state index < -0.39 is 0 Å². The highest BCUT2D eigenvalue weighted by Gasteiger charge is 2.26. The number of likely N-dealkylation sites (tertiary alicyclic amines) is 1. The van der Waals surface area contributed by atoms with Crippen molar-refractivity contribution < 1.29 is 4.79 Å². The summed E-state index contributed by atoms with van der Waals surface area (Å²) in [5.74, 6) is 1.43. The molecule has 1 aliphatic heterocycles. The maximum atomic E-state index is 12.5. The Hall–Kier alpha value is -3.68. The van der Waals surface area contributed by atoms with Crippen molar-refractivity contribution in [3.8, 4) is 0 Å². The number of amides is 1. The molecule has 0 atom stereocenters. The number of piperidine rings is 1. The van der Waals surface area contributed by atoms with Crippen molar-refractivity contribution in [3.05, 3.63) is 71.7 Å². The smallest absolute Gasteiger partial charge is 0.246 e. The summed E-state index contributed by atoms with van der Waals surface area (Å²) in [5.41, 5.74) is 3.59. The molecule has 3 aromatic rings. The van der Waals surface area contributed by atoms with E-state index in [9.17, 15) is 4.79 Å². The summed E-state index contributed by atoms with van der Waals surface area (Å²) < 4.78 is 0. The molecule has 4 heterocycles. The zero-order valence-electron chi connectivity index (χ0n) is 17.7. The molecule has 1 amide bonds. The van der Waals surface area contributed by atoms with Crippen LogP contribution >= 0.6 is 0 Å². The van der Waals surface area contributed by atoms with Crippen LogP contribution < -0.4 is 5.32 Å². The van der Waals surface area contributed by atoms with Crippen molar-refractivity contribution in [2.45, 2.75) is 32.6 Å². The molecule has 1 saturated heterocycles. The van der Waals surface area contributed by atoms with Gasteiger partial charge in [0.2, 0.25) is 11.9 Å². The van der Waals surface area contributed by atoms with Crippen LogP contribution in [0.3, 0.4) is 0 Å². The number of nitrogens with one attached hydrogen (secondary N) is 1. The summed E-state index contributed by atoms with van der Waals surface area (Å²) in [6.07, 6.45) is 11.9. The van der Waals surface area contributed by atoms with Gasteiger partial charge in [0.1, 0.15) is 0 Å². The second-order valence-corrected chi connectivity index (χ2v) is 7.61. The molecule has 1 N–H and O–H groups in total. The number of rotatable bonds is 5. The van der Waals surface area contributed by atoms with Crippen LogP contribution in [0.4, 0.5) is 11.8 Å². The van der Waals surface area contributed by atoms with Gasteiger partial charge < -0.3 is 10.2 Å². The highest BCUT2D eigenvalue weighted by molar-refractivity contribution is 5.91. The lowest BCUT2D eigenvalue weighted by atomic mass is 9.93. The summed E-state index contributed by atoms with van der Waals surface area (Å²) in [4.78, 5) is 36.4. The molecule has 31 heavy (non-hydrogen) atoms. The van der Waals surface area contributed by atoms with Gasteiger partial charge in [-0.05, 0) is 50.5 Å². The molecule has 0 bridgehead atoms. The number of aryl methyl sites for hydroxylation is 2. The maximum Gasteiger partial charge on any atom is 0.246 e. The first-order valence-electron chi connectivity index (χ1n) is 10.4. The third-order valence-electron chi connectivity index (χ3n) is 5.24. The fraction of sp³-hybridized carbons (Fsp3) is 0.304. The number of hydrogen-bond donors (Lipinski definition) is 1. The summed E-state index contributed by atoms with van der Waals surface area (Å²) in [6.45, 7) is 5.23. The van der Waals surface area contributed by atoms with Crippen LogP contribution in [0.15, 0.2) is 49.1 Å². The lowest BCUT2D eigenvalue weighted by Crippen LogP contribution is -2.37. The van der Waals surface area contributed by atoms with Gasteiger partial charge in [0.15, 0.2) is 5.82 Å². The Morgan fingerprint density at radius 2 is 1.84 bits per heavy atom. The Labute approximate surface area is 181 Å². The van der Waals surface area contributed by atoms with Crippen molar-refractivity contribution in [2.75, 3.05) is 18.4 Å². The lowest BCUT2D eigenvalue weighted by molar-refractivity contribution is -0.126. The average molecular weight is 416 g/mol. The highest BCUT2D eigenvalue weighted by atomic mass is 16.2. The molecular weight excluding hydrogens is 390 g/mol. The van der Waals surface area contributed by atoms with E-state index in [1.165, 1.54) is 0 Å². The van der Waals surface area contributed by atoms with Gasteiger partial charge in [-0.25, -0.2) is 15.0 Å². The normalized spacial score (nSPS) is 14.7. The highest BCUT2D eigenvalue weighted by Crippen LogP contribution is 2.31. The minimum absolute atomic E-state index is 0.0171. The first-order chi connectivity index (χ1) is 15.1. The maximum absolute atomic E-state index is 12.5. The van der Waals surface area contributed by atoms with E-state index in [0.29, 0.717) is 24.9 Å². The number of hydrogen-bond acceptors (Lipinski definition) is 7. The van der Waals surface area contributed by atoms with Gasteiger partial charge in [0.05, 0.1) is 5.69 Å². The molecule has 1 aliphatic rings. The average Bonchev–Trinajstić information content (AvgIpc) is 2.78. The molecule has 0 aromatic carbocycles. The molecule has 0 aliphatic carbocycles. The third kappa shape index (κ3) is 5.28. The molecule has 0 spiro atoms. The van der Waals surface area contributed by atoms with Crippen LogP contribution in [0.2, 0.25) is 0 Å². The topological polar surface area (TPSA) is 96.8 Å². The van der Waals surface area contributed by atoms with E-state index in [0.717, 1.165) is 35.5 Å². The van der Waals surface area contributed by atoms with Gasteiger partial charge in [-0.3, -0.25) is 14.8 Å². The largest absolute Gasteiger partial charge is 0.339 e. The van der Waals surface area contributed by atoms with Crippen molar-refractivity contribution in [1.82, 2.24) is 29.8 Å². The standard InChI is InChI=1S/C23H25N7O/c1-16-14-17(2)28-23(27-16)29-22-21(25-10-11-26-22)19-7-12-30(13-8-19)20(31)6-5-18-4-3-9-24-15-18/h3-6,9-11,14-15,19H,7-8,12-13H2,1-2H3,(H,26,27,28,29). The van der Waals surface area contributed by atoms with Gasteiger partial charge >= 0.3 is 0 Å². The van der Waals surface area contributed by atoms with Crippen LogP contribution in [-0.2, 0) is 4.79 Å². The van der Waals surface area contributed by atoms with Crippen molar-refractivity contribution in [1.29, 1.82) is 0 Å². The third-order valence-corrected chi connectivity index (χ3v) is 5.24. The van der Waals surface area contributed by atoms with Crippen LogP contribution in [0.5, 0.6) is 0 Å². The van der Waals surface area contributed by atoms with Crippen LogP contribution in [0.1, 0.15) is 41.4 Å². The number of carbonyl (C=O) groups is 1. The van der Waals surface area contributed by atoms with Crippen molar-refractivity contribution in [2.24, 2.45) is 0 Å². The number of carbonyl (C=O) groups excluding carboxylic acids is 1. The second-order valence-electron chi connectivity index (χ2n) is 7.61. The zero-order chi connectivity index (χ0) is 21.6. The molecule has 1 fully saturated rings. The fourth-order valence-electron chi connectivity index (χ4n) is 3.75. The van der Waals surface area contributed by atoms with Gasteiger partial charge in [-0.1, -0.05) is 6.07 Å². The van der Waals surface area contributed by atoms with E-state index >= 15 is 0 Å². The first-order valence-corrected chi connectivity index (χ1v) is 10.4. The van der Waals surface area contributed by atoms with E-state index in [1.807, 2.05) is 36.9 Å². The molecule has 4 rings (SSSR count). The predicted octanol–water partition coefficient (Wildman–Crippen LogP) is 3.44. The molecule has 0 unspecified atom stereocenters. The molecule has 0 saturated carbocycles. The molecule has 8 heteroatoms. The summed E-state index contributed by atoms with van der Waals surface area (Å²) >= 11 is 0. The van der Waals surface area contributed by atoms with Crippen LogP contribution in [-0.4, -0.2) is 48.8 Å². The monoisotopic (exact) mass is 415 g/mol. The molecular formula is C23H25N7O.